The van der Waals surface area contributed by atoms with E-state index < -0.39 is 30.9 Å². The molecule has 1 aromatic carbocycles. The van der Waals surface area contributed by atoms with E-state index in [1.54, 1.807) is 6.07 Å². The minimum atomic E-state index is -0.740. The van der Waals surface area contributed by atoms with Crippen LogP contribution in [0.2, 0.25) is 0 Å². The number of carbonyl (C=O) groups is 2. The number of para-hydroxylation sites is 1. The summed E-state index contributed by atoms with van der Waals surface area (Å²) in [5, 5.41) is 2.62. The van der Waals surface area contributed by atoms with Crippen LogP contribution in [0.25, 0.3) is 0 Å². The maximum Gasteiger partial charge on any atom is 0.344 e. The first-order valence-corrected chi connectivity index (χ1v) is 7.06. The van der Waals surface area contributed by atoms with Gasteiger partial charge in [0.2, 0.25) is 0 Å². The third kappa shape index (κ3) is 5.33. The fourth-order valence-corrected chi connectivity index (χ4v) is 1.97. The van der Waals surface area contributed by atoms with E-state index in [-0.39, 0.29) is 11.9 Å². The van der Waals surface area contributed by atoms with Crippen LogP contribution in [0.3, 0.4) is 0 Å². The molecule has 1 saturated heterocycles. The van der Waals surface area contributed by atoms with Gasteiger partial charge in [0, 0.05) is 13.2 Å². The molecule has 1 aliphatic rings. The van der Waals surface area contributed by atoms with Crippen LogP contribution < -0.4 is 10.1 Å². The average Bonchev–Trinajstić information content (AvgIpc) is 3.03. The quantitative estimate of drug-likeness (QED) is 0.762. The Labute approximate surface area is 127 Å². The minimum absolute atomic E-state index is 0.0315. The van der Waals surface area contributed by atoms with Gasteiger partial charge in [0.1, 0.15) is 0 Å². The van der Waals surface area contributed by atoms with Crippen molar-refractivity contribution in [3.63, 3.8) is 0 Å². The summed E-state index contributed by atoms with van der Waals surface area (Å²) in [5.74, 6) is -1.75. The average molecular weight is 311 g/mol. The Hall–Kier alpha value is -2.15. The Kier molecular flexibility index (Phi) is 6.14. The third-order valence-electron chi connectivity index (χ3n) is 3.10. The van der Waals surface area contributed by atoms with Crippen LogP contribution in [0.4, 0.5) is 4.39 Å². The van der Waals surface area contributed by atoms with E-state index >= 15 is 0 Å². The van der Waals surface area contributed by atoms with Crippen molar-refractivity contribution >= 4 is 11.9 Å². The molecular weight excluding hydrogens is 293 g/mol. The highest BCUT2D eigenvalue weighted by Crippen LogP contribution is 2.15. The first kappa shape index (κ1) is 16.2. The molecule has 0 aromatic heterocycles. The van der Waals surface area contributed by atoms with Gasteiger partial charge in [0.15, 0.2) is 24.8 Å². The second kappa shape index (κ2) is 8.33. The third-order valence-corrected chi connectivity index (χ3v) is 3.10. The molecule has 1 atom stereocenters. The molecule has 0 radical (unpaired) electrons. The molecule has 1 amide bonds. The highest BCUT2D eigenvalue weighted by molar-refractivity contribution is 5.80. The molecule has 1 fully saturated rings. The largest absolute Gasteiger partial charge is 0.479 e. The number of esters is 1. The van der Waals surface area contributed by atoms with E-state index in [1.807, 2.05) is 0 Å². The van der Waals surface area contributed by atoms with Crippen LogP contribution in [-0.4, -0.2) is 44.3 Å². The zero-order valence-corrected chi connectivity index (χ0v) is 12.0. The minimum Gasteiger partial charge on any atom is -0.479 e. The van der Waals surface area contributed by atoms with Crippen LogP contribution >= 0.6 is 0 Å². The Bertz CT molecular complexity index is 516. The van der Waals surface area contributed by atoms with Gasteiger partial charge < -0.3 is 19.5 Å². The van der Waals surface area contributed by atoms with Crippen molar-refractivity contribution in [3.05, 3.63) is 30.1 Å². The lowest BCUT2D eigenvalue weighted by Crippen LogP contribution is -2.35. The van der Waals surface area contributed by atoms with Crippen molar-refractivity contribution in [2.45, 2.75) is 18.9 Å². The molecule has 120 valence electrons. The van der Waals surface area contributed by atoms with Crippen molar-refractivity contribution in [2.24, 2.45) is 0 Å². The van der Waals surface area contributed by atoms with Gasteiger partial charge in [0.25, 0.3) is 5.91 Å². The Morgan fingerprint density at radius 1 is 1.32 bits per heavy atom. The van der Waals surface area contributed by atoms with Gasteiger partial charge in [-0.3, -0.25) is 4.79 Å². The molecule has 2 rings (SSSR count). The van der Waals surface area contributed by atoms with Crippen LogP contribution in [0.5, 0.6) is 5.75 Å². The molecule has 1 aromatic rings. The van der Waals surface area contributed by atoms with E-state index in [2.05, 4.69) is 5.32 Å². The Morgan fingerprint density at radius 2 is 2.14 bits per heavy atom. The predicted molar refractivity (Wildman–Crippen MR) is 74.8 cm³/mol. The maximum absolute atomic E-state index is 13.2. The molecule has 0 unspecified atom stereocenters. The summed E-state index contributed by atoms with van der Waals surface area (Å²) in [6, 6.07) is 5.72. The monoisotopic (exact) mass is 311 g/mol. The summed E-state index contributed by atoms with van der Waals surface area (Å²) in [5.41, 5.74) is 0. The molecule has 0 spiro atoms. The number of ether oxygens (including phenoxy) is 3. The van der Waals surface area contributed by atoms with Crippen LogP contribution in [0.15, 0.2) is 24.3 Å². The fraction of sp³-hybridized carbons (Fsp3) is 0.467. The van der Waals surface area contributed by atoms with E-state index in [9.17, 15) is 14.0 Å². The smallest absolute Gasteiger partial charge is 0.344 e. The normalized spacial score (nSPS) is 17.0. The molecule has 7 heteroatoms. The number of benzene rings is 1. The zero-order valence-electron chi connectivity index (χ0n) is 12.0. The fourth-order valence-electron chi connectivity index (χ4n) is 1.97. The summed E-state index contributed by atoms with van der Waals surface area (Å²) in [6.07, 6.45) is 1.93. The zero-order chi connectivity index (χ0) is 15.8. The lowest BCUT2D eigenvalue weighted by atomic mass is 10.2. The van der Waals surface area contributed by atoms with Gasteiger partial charge in [-0.1, -0.05) is 12.1 Å². The van der Waals surface area contributed by atoms with Crippen LogP contribution in [-0.2, 0) is 19.1 Å². The molecule has 6 nitrogen and oxygen atoms in total. The first-order valence-electron chi connectivity index (χ1n) is 7.06. The van der Waals surface area contributed by atoms with Crippen molar-refractivity contribution in [1.82, 2.24) is 5.32 Å². The number of hydrogen-bond acceptors (Lipinski definition) is 5. The molecular formula is C15H18FNO5. The first-order chi connectivity index (χ1) is 10.6. The second-order valence-corrected chi connectivity index (χ2v) is 4.82. The highest BCUT2D eigenvalue weighted by Gasteiger charge is 2.16. The standard InChI is InChI=1S/C15H18FNO5/c16-12-5-1-2-6-13(12)21-10-15(19)22-9-14(18)17-8-11-4-3-7-20-11/h1-2,5-6,11H,3-4,7-10H2,(H,17,18)/t11-/m0/s1. The van der Waals surface area contributed by atoms with Gasteiger partial charge >= 0.3 is 5.97 Å². The summed E-state index contributed by atoms with van der Waals surface area (Å²) in [4.78, 5) is 22.9. The molecule has 22 heavy (non-hydrogen) atoms. The lowest BCUT2D eigenvalue weighted by Gasteiger charge is -2.11. The predicted octanol–water partition coefficient (Wildman–Crippen LogP) is 1.04. The molecule has 1 heterocycles. The topological polar surface area (TPSA) is 73.9 Å². The van der Waals surface area contributed by atoms with Crippen LogP contribution in [0, 0.1) is 5.82 Å². The number of amides is 1. The van der Waals surface area contributed by atoms with Crippen LogP contribution in [0.1, 0.15) is 12.8 Å². The SMILES string of the molecule is O=C(COC(=O)COc1ccccc1F)NC[C@@H]1CCCO1. The van der Waals surface area contributed by atoms with Gasteiger partial charge in [-0.25, -0.2) is 9.18 Å². The number of rotatable bonds is 7. The van der Waals surface area contributed by atoms with Crippen molar-refractivity contribution < 1.29 is 28.2 Å². The van der Waals surface area contributed by atoms with E-state index in [1.165, 1.54) is 18.2 Å². The van der Waals surface area contributed by atoms with E-state index in [0.717, 1.165) is 12.8 Å². The van der Waals surface area contributed by atoms with Gasteiger partial charge in [0.05, 0.1) is 6.10 Å². The van der Waals surface area contributed by atoms with Gasteiger partial charge in [-0.15, -0.1) is 0 Å². The van der Waals surface area contributed by atoms with Crippen molar-refractivity contribution in [1.29, 1.82) is 0 Å². The number of carbonyl (C=O) groups excluding carboxylic acids is 2. The molecule has 0 aliphatic carbocycles. The number of halogens is 1. The highest BCUT2D eigenvalue weighted by atomic mass is 19.1. The lowest BCUT2D eigenvalue weighted by molar-refractivity contribution is -0.150. The van der Waals surface area contributed by atoms with Crippen molar-refractivity contribution in [2.75, 3.05) is 26.4 Å². The summed E-state index contributed by atoms with van der Waals surface area (Å²) in [7, 11) is 0. The summed E-state index contributed by atoms with van der Waals surface area (Å²) < 4.78 is 28.3. The number of nitrogens with one attached hydrogen (secondary N) is 1. The van der Waals surface area contributed by atoms with Gasteiger partial charge in [-0.2, -0.15) is 0 Å². The molecule has 0 saturated carbocycles. The number of hydrogen-bond donors (Lipinski definition) is 1. The summed E-state index contributed by atoms with van der Waals surface area (Å²) >= 11 is 0. The second-order valence-electron chi connectivity index (χ2n) is 4.82. The summed E-state index contributed by atoms with van der Waals surface area (Å²) in [6.45, 7) is 0.261. The molecule has 1 aliphatic heterocycles. The van der Waals surface area contributed by atoms with E-state index in [4.69, 9.17) is 14.2 Å². The van der Waals surface area contributed by atoms with Gasteiger partial charge in [-0.05, 0) is 25.0 Å². The molecule has 1 N–H and O–H groups in total. The molecule has 0 bridgehead atoms. The van der Waals surface area contributed by atoms with Crippen molar-refractivity contribution in [3.8, 4) is 5.75 Å². The Morgan fingerprint density at radius 3 is 2.86 bits per heavy atom. The Balaban J connectivity index is 1.60. The van der Waals surface area contributed by atoms with E-state index in [0.29, 0.717) is 13.2 Å². The maximum atomic E-state index is 13.2.